The number of nitro benzene ring substituents is 1. The van der Waals surface area contributed by atoms with Crippen LogP contribution in [0.3, 0.4) is 0 Å². The molecule has 146 valence electrons. The molecule has 28 heavy (non-hydrogen) atoms. The van der Waals surface area contributed by atoms with E-state index in [-0.39, 0.29) is 5.69 Å². The fourth-order valence-corrected chi connectivity index (χ4v) is 3.82. The van der Waals surface area contributed by atoms with Gasteiger partial charge in [-0.25, -0.2) is 0 Å². The van der Waals surface area contributed by atoms with Crippen LogP contribution < -0.4 is 14.5 Å². The summed E-state index contributed by atoms with van der Waals surface area (Å²) in [5.74, 6) is 0.850. The number of hydrogen-bond acceptors (Lipinski definition) is 6. The van der Waals surface area contributed by atoms with Gasteiger partial charge in [-0.2, -0.15) is 0 Å². The Labute approximate surface area is 166 Å². The number of benzene rings is 2. The van der Waals surface area contributed by atoms with Crippen LogP contribution in [0.25, 0.3) is 11.1 Å². The van der Waals surface area contributed by atoms with Gasteiger partial charge < -0.3 is 19.0 Å². The first-order valence-corrected chi connectivity index (χ1v) is 9.46. The Bertz CT molecular complexity index is 1050. The number of hydrogen-bond donors (Lipinski definition) is 1. The SMILES string of the molecule is COc1ccc(N2CC[NH+](Cn3c(=S)oc4ccc([N+](=O)[O-])cc43)CC2)cc1. The van der Waals surface area contributed by atoms with Gasteiger partial charge in [-0.3, -0.25) is 14.7 Å². The number of oxazole rings is 1. The first kappa shape index (κ1) is 18.5. The lowest BCUT2D eigenvalue weighted by atomic mass is 10.2. The molecule has 0 atom stereocenters. The van der Waals surface area contributed by atoms with Gasteiger partial charge in [-0.1, -0.05) is 0 Å². The lowest BCUT2D eigenvalue weighted by Gasteiger charge is -2.33. The predicted molar refractivity (Wildman–Crippen MR) is 108 cm³/mol. The molecule has 0 saturated carbocycles. The maximum Gasteiger partial charge on any atom is 0.274 e. The second kappa shape index (κ2) is 7.61. The number of non-ortho nitro benzene ring substituents is 1. The molecule has 8 nitrogen and oxygen atoms in total. The number of anilines is 1. The van der Waals surface area contributed by atoms with E-state index in [1.807, 2.05) is 16.7 Å². The van der Waals surface area contributed by atoms with E-state index >= 15 is 0 Å². The summed E-state index contributed by atoms with van der Waals surface area (Å²) in [7, 11) is 1.66. The minimum Gasteiger partial charge on any atom is -0.497 e. The largest absolute Gasteiger partial charge is 0.497 e. The number of aromatic nitrogens is 1. The van der Waals surface area contributed by atoms with Crippen molar-refractivity contribution in [1.29, 1.82) is 0 Å². The number of piperazine rings is 1. The molecule has 1 aliphatic rings. The third-order valence-electron chi connectivity index (χ3n) is 5.15. The maximum atomic E-state index is 11.1. The topological polar surface area (TPSA) is 78.1 Å². The van der Waals surface area contributed by atoms with Crippen molar-refractivity contribution in [3.63, 3.8) is 0 Å². The Morgan fingerprint density at radius 2 is 1.93 bits per heavy atom. The van der Waals surface area contributed by atoms with Gasteiger partial charge in [0.05, 0.1) is 43.7 Å². The minimum absolute atomic E-state index is 0.0383. The first-order valence-electron chi connectivity index (χ1n) is 9.05. The Hall–Kier alpha value is -2.91. The highest BCUT2D eigenvalue weighted by molar-refractivity contribution is 7.71. The number of fused-ring (bicyclic) bond motifs is 1. The van der Waals surface area contributed by atoms with E-state index in [0.717, 1.165) is 31.9 Å². The number of rotatable bonds is 5. The zero-order valence-electron chi connectivity index (χ0n) is 15.5. The van der Waals surface area contributed by atoms with Crippen LogP contribution in [0.4, 0.5) is 11.4 Å². The lowest BCUT2D eigenvalue weighted by Crippen LogP contribution is -3.14. The zero-order chi connectivity index (χ0) is 19.7. The van der Waals surface area contributed by atoms with Gasteiger partial charge in [-0.15, -0.1) is 0 Å². The van der Waals surface area contributed by atoms with Crippen molar-refractivity contribution in [3.05, 3.63) is 57.4 Å². The second-order valence-electron chi connectivity index (χ2n) is 6.80. The molecule has 0 radical (unpaired) electrons. The molecule has 0 bridgehead atoms. The fourth-order valence-electron chi connectivity index (χ4n) is 3.57. The van der Waals surface area contributed by atoms with Gasteiger partial charge in [-0.05, 0) is 42.5 Å². The third kappa shape index (κ3) is 3.58. The molecule has 1 fully saturated rings. The smallest absolute Gasteiger partial charge is 0.274 e. The van der Waals surface area contributed by atoms with E-state index in [1.54, 1.807) is 13.2 Å². The summed E-state index contributed by atoms with van der Waals surface area (Å²) < 4.78 is 12.7. The second-order valence-corrected chi connectivity index (χ2v) is 7.15. The Kier molecular flexibility index (Phi) is 5.01. The molecule has 3 aromatic rings. The maximum absolute atomic E-state index is 11.1. The molecule has 0 unspecified atom stereocenters. The van der Waals surface area contributed by atoms with E-state index in [4.69, 9.17) is 21.4 Å². The molecule has 1 aliphatic heterocycles. The highest BCUT2D eigenvalue weighted by atomic mass is 32.1. The minimum atomic E-state index is -0.402. The van der Waals surface area contributed by atoms with Gasteiger partial charge in [0.1, 0.15) is 5.75 Å². The predicted octanol–water partition coefficient (Wildman–Crippen LogP) is 2.24. The van der Waals surface area contributed by atoms with Gasteiger partial charge in [0.2, 0.25) is 0 Å². The van der Waals surface area contributed by atoms with Crippen LogP contribution in [-0.4, -0.2) is 42.8 Å². The molecular weight excluding hydrogens is 380 g/mol. The summed E-state index contributed by atoms with van der Waals surface area (Å²) in [5.41, 5.74) is 2.47. The molecule has 1 N–H and O–H groups in total. The molecule has 2 aromatic carbocycles. The average Bonchev–Trinajstić information content (AvgIpc) is 3.03. The van der Waals surface area contributed by atoms with Gasteiger partial charge >= 0.3 is 0 Å². The van der Waals surface area contributed by atoms with E-state index in [1.165, 1.54) is 22.7 Å². The molecule has 1 saturated heterocycles. The number of ether oxygens (including phenoxy) is 1. The number of quaternary nitrogens is 1. The van der Waals surface area contributed by atoms with Crippen molar-refractivity contribution in [2.75, 3.05) is 38.2 Å². The Morgan fingerprint density at radius 3 is 2.57 bits per heavy atom. The van der Waals surface area contributed by atoms with Gasteiger partial charge in [0, 0.05) is 17.8 Å². The number of nitrogens with zero attached hydrogens (tertiary/aromatic N) is 3. The Morgan fingerprint density at radius 1 is 1.21 bits per heavy atom. The molecule has 2 heterocycles. The Balaban J connectivity index is 1.47. The summed E-state index contributed by atoms with van der Waals surface area (Å²) >= 11 is 5.34. The van der Waals surface area contributed by atoms with Crippen LogP contribution in [0.1, 0.15) is 0 Å². The van der Waals surface area contributed by atoms with Crippen LogP contribution in [-0.2, 0) is 6.67 Å². The normalized spacial score (nSPS) is 15.1. The van der Waals surface area contributed by atoms with Crippen LogP contribution in [0.15, 0.2) is 46.9 Å². The van der Waals surface area contributed by atoms with Crippen LogP contribution in [0.5, 0.6) is 5.75 Å². The summed E-state index contributed by atoms with van der Waals surface area (Å²) in [6.45, 7) is 4.35. The van der Waals surface area contributed by atoms with Crippen molar-refractivity contribution in [2.45, 2.75) is 6.67 Å². The van der Waals surface area contributed by atoms with Crippen LogP contribution in [0.2, 0.25) is 0 Å². The number of nitrogens with one attached hydrogen (secondary N) is 1. The highest BCUT2D eigenvalue weighted by Gasteiger charge is 2.22. The number of methoxy groups -OCH3 is 1. The molecule has 9 heteroatoms. The van der Waals surface area contributed by atoms with Crippen molar-refractivity contribution in [1.82, 2.24) is 4.57 Å². The van der Waals surface area contributed by atoms with Crippen molar-refractivity contribution < 1.29 is 19.0 Å². The quantitative estimate of drug-likeness (QED) is 0.401. The van der Waals surface area contributed by atoms with E-state index < -0.39 is 4.92 Å². The number of nitro groups is 1. The summed E-state index contributed by atoms with van der Waals surface area (Å²) in [4.78, 5) is 14.7. The summed E-state index contributed by atoms with van der Waals surface area (Å²) in [6.07, 6.45) is 0. The van der Waals surface area contributed by atoms with Crippen LogP contribution >= 0.6 is 12.2 Å². The monoisotopic (exact) mass is 401 g/mol. The van der Waals surface area contributed by atoms with Crippen molar-refractivity contribution in [3.8, 4) is 5.75 Å². The van der Waals surface area contributed by atoms with E-state index in [9.17, 15) is 10.1 Å². The van der Waals surface area contributed by atoms with E-state index in [2.05, 4.69) is 17.0 Å². The summed E-state index contributed by atoms with van der Waals surface area (Å²) in [6, 6.07) is 12.7. The molecule has 0 spiro atoms. The highest BCUT2D eigenvalue weighted by Crippen LogP contribution is 2.23. The van der Waals surface area contributed by atoms with Gasteiger partial charge in [0.15, 0.2) is 12.3 Å². The lowest BCUT2D eigenvalue weighted by molar-refractivity contribution is -0.923. The molecule has 1 aromatic heterocycles. The standard InChI is InChI=1S/C19H20N4O4S/c1-26-16-5-2-14(3-6-16)21-10-8-20(9-11-21)13-22-17-12-15(23(24)25)4-7-18(17)27-19(22)28/h2-7,12H,8-11,13H2,1H3/p+1. The molecule has 4 rings (SSSR count). The summed E-state index contributed by atoms with van der Waals surface area (Å²) in [5, 5.41) is 11.1. The van der Waals surface area contributed by atoms with E-state index in [0.29, 0.717) is 22.6 Å². The van der Waals surface area contributed by atoms with Crippen molar-refractivity contribution in [2.24, 2.45) is 0 Å². The zero-order valence-corrected chi connectivity index (χ0v) is 16.3. The molecule has 0 aliphatic carbocycles. The van der Waals surface area contributed by atoms with Crippen molar-refractivity contribution >= 4 is 34.7 Å². The molecular formula is C19H21N4O4S+. The molecule has 0 amide bonds. The van der Waals surface area contributed by atoms with Gasteiger partial charge in [0.25, 0.3) is 10.5 Å². The first-order chi connectivity index (χ1) is 13.5. The van der Waals surface area contributed by atoms with Crippen LogP contribution in [0, 0.1) is 15.0 Å². The average molecular weight is 401 g/mol. The third-order valence-corrected chi connectivity index (χ3v) is 5.46. The fraction of sp³-hybridized carbons (Fsp3) is 0.316.